The van der Waals surface area contributed by atoms with E-state index in [4.69, 9.17) is 10.3 Å². The van der Waals surface area contributed by atoms with Crippen LogP contribution in [-0.4, -0.2) is 65.3 Å². The van der Waals surface area contributed by atoms with E-state index < -0.39 is 12.0 Å². The molecule has 0 bridgehead atoms. The molecule has 1 aliphatic rings. The highest BCUT2D eigenvalue weighted by Crippen LogP contribution is 2.36. The molecule has 1 fully saturated rings. The van der Waals surface area contributed by atoms with E-state index >= 15 is 0 Å². The summed E-state index contributed by atoms with van der Waals surface area (Å²) in [5.41, 5.74) is 10.8. The van der Waals surface area contributed by atoms with Crippen LogP contribution in [-0.2, 0) is 0 Å². The molecule has 0 spiro atoms. The van der Waals surface area contributed by atoms with Gasteiger partial charge in [0.15, 0.2) is 0 Å². The Hall–Kier alpha value is -3.34. The second kappa shape index (κ2) is 8.65. The van der Waals surface area contributed by atoms with Crippen molar-refractivity contribution in [1.82, 2.24) is 19.5 Å². The molecule has 0 aliphatic carbocycles. The minimum absolute atomic E-state index is 0.0883. The van der Waals surface area contributed by atoms with Crippen molar-refractivity contribution < 1.29 is 13.5 Å². The maximum absolute atomic E-state index is 14.6. The molecule has 4 rings (SSSR count). The lowest BCUT2D eigenvalue weighted by atomic mass is 10.0. The normalized spacial score (nSPS) is 18.5. The van der Waals surface area contributed by atoms with Crippen molar-refractivity contribution in [3.63, 3.8) is 0 Å². The molecule has 1 atom stereocenters. The third kappa shape index (κ3) is 3.95. The van der Waals surface area contributed by atoms with Crippen molar-refractivity contribution in [2.24, 2.45) is 5.11 Å². The second-order valence-corrected chi connectivity index (χ2v) is 7.68. The molecule has 1 saturated heterocycles. The van der Waals surface area contributed by atoms with Gasteiger partial charge in [0.2, 0.25) is 11.8 Å². The minimum Gasteiger partial charge on any atom is -0.479 e. The fourth-order valence-electron chi connectivity index (χ4n) is 4.04. The lowest BCUT2D eigenvalue weighted by molar-refractivity contribution is -0.0726. The predicted octanol–water partition coefficient (Wildman–Crippen LogP) is 4.25. The second-order valence-electron chi connectivity index (χ2n) is 7.68. The first-order valence-corrected chi connectivity index (χ1v) is 10.4. The number of alkyl halides is 2. The molecule has 1 aliphatic heterocycles. The summed E-state index contributed by atoms with van der Waals surface area (Å²) in [6, 6.07) is 6.26. The molecular weight excluding hydrogens is 418 g/mol. The van der Waals surface area contributed by atoms with Crippen LogP contribution < -0.4 is 15.4 Å². The standard InChI is InChI=1S/C21H26F2N8O/c1-4-30-9-8-17(21(22,23)12-30)26-20-27-19(32-3)18-14(7-10-31(18)29-20)13-5-6-15(28-24)16(11-13)25-2/h5-7,10-11,17,24-25H,4,8-9,12H2,1-3H3,(H,26,29)/t17-/m1/s1. The van der Waals surface area contributed by atoms with E-state index in [0.717, 1.165) is 11.1 Å². The first-order valence-electron chi connectivity index (χ1n) is 10.4. The SMILES string of the molecule is CCN1CC[C@@H](Nc2nc(OC)c3c(-c4ccc(N=N)c(NC)c4)ccn3n2)C(F)(F)C1. The number of likely N-dealkylation sites (tertiary alicyclic amines) is 1. The van der Waals surface area contributed by atoms with E-state index in [1.807, 2.05) is 25.1 Å². The zero-order chi connectivity index (χ0) is 22.9. The third-order valence-corrected chi connectivity index (χ3v) is 5.80. The van der Waals surface area contributed by atoms with Gasteiger partial charge < -0.3 is 15.4 Å². The highest BCUT2D eigenvalue weighted by molar-refractivity contribution is 5.87. The summed E-state index contributed by atoms with van der Waals surface area (Å²) in [4.78, 5) is 6.11. The maximum atomic E-state index is 14.6. The van der Waals surface area contributed by atoms with Crippen LogP contribution in [0.25, 0.3) is 16.6 Å². The number of nitrogens with one attached hydrogen (secondary N) is 3. The van der Waals surface area contributed by atoms with Gasteiger partial charge in [-0.2, -0.15) is 10.1 Å². The van der Waals surface area contributed by atoms with Gasteiger partial charge in [-0.15, -0.1) is 5.10 Å². The summed E-state index contributed by atoms with van der Waals surface area (Å²) in [5.74, 6) is -2.53. The topological polar surface area (TPSA) is 103 Å². The molecule has 0 amide bonds. The van der Waals surface area contributed by atoms with E-state index in [2.05, 4.69) is 25.8 Å². The Morgan fingerprint density at radius 3 is 2.81 bits per heavy atom. The van der Waals surface area contributed by atoms with Gasteiger partial charge in [0.1, 0.15) is 11.2 Å². The van der Waals surface area contributed by atoms with Gasteiger partial charge in [0.25, 0.3) is 5.92 Å². The van der Waals surface area contributed by atoms with Gasteiger partial charge >= 0.3 is 0 Å². The molecule has 0 unspecified atom stereocenters. The van der Waals surface area contributed by atoms with Crippen LogP contribution in [0.5, 0.6) is 5.88 Å². The van der Waals surface area contributed by atoms with Crippen LogP contribution in [0.15, 0.2) is 35.6 Å². The number of fused-ring (bicyclic) bond motifs is 1. The van der Waals surface area contributed by atoms with Crippen molar-refractivity contribution >= 4 is 22.8 Å². The largest absolute Gasteiger partial charge is 0.479 e. The van der Waals surface area contributed by atoms with Gasteiger partial charge in [0, 0.05) is 25.4 Å². The zero-order valence-corrected chi connectivity index (χ0v) is 18.2. The fourth-order valence-corrected chi connectivity index (χ4v) is 4.04. The van der Waals surface area contributed by atoms with Gasteiger partial charge in [-0.25, -0.2) is 18.8 Å². The van der Waals surface area contributed by atoms with Crippen LogP contribution in [0.1, 0.15) is 13.3 Å². The molecule has 32 heavy (non-hydrogen) atoms. The van der Waals surface area contributed by atoms with Crippen molar-refractivity contribution in [1.29, 1.82) is 5.53 Å². The molecule has 11 heteroatoms. The Kier molecular flexibility index (Phi) is 5.92. The summed E-state index contributed by atoms with van der Waals surface area (Å²) in [6.07, 6.45) is 2.03. The Morgan fingerprint density at radius 2 is 2.16 bits per heavy atom. The Labute approximate surface area is 184 Å². The van der Waals surface area contributed by atoms with E-state index in [-0.39, 0.29) is 18.4 Å². The fraction of sp³-hybridized carbons (Fsp3) is 0.429. The van der Waals surface area contributed by atoms with Crippen molar-refractivity contribution in [2.75, 3.05) is 44.4 Å². The lowest BCUT2D eigenvalue weighted by Crippen LogP contribution is -2.54. The minimum atomic E-state index is -2.89. The van der Waals surface area contributed by atoms with Gasteiger partial charge in [-0.3, -0.25) is 4.90 Å². The number of ether oxygens (including phenoxy) is 1. The summed E-state index contributed by atoms with van der Waals surface area (Å²) in [6.45, 7) is 2.77. The number of anilines is 2. The Balaban J connectivity index is 1.69. The predicted molar refractivity (Wildman–Crippen MR) is 118 cm³/mol. The Morgan fingerprint density at radius 1 is 1.34 bits per heavy atom. The van der Waals surface area contributed by atoms with Crippen molar-refractivity contribution in [3.05, 3.63) is 30.5 Å². The van der Waals surface area contributed by atoms with E-state index in [1.54, 1.807) is 28.7 Å². The number of aromatic nitrogens is 3. The summed E-state index contributed by atoms with van der Waals surface area (Å²) in [5, 5.41) is 13.8. The summed E-state index contributed by atoms with van der Waals surface area (Å²) < 4.78 is 36.3. The van der Waals surface area contributed by atoms with Gasteiger partial charge in [-0.1, -0.05) is 13.0 Å². The quantitative estimate of drug-likeness (QED) is 0.471. The van der Waals surface area contributed by atoms with Crippen LogP contribution >= 0.6 is 0 Å². The average Bonchev–Trinajstić information content (AvgIpc) is 3.23. The first-order chi connectivity index (χ1) is 15.4. The number of hydrogen-bond acceptors (Lipinski definition) is 8. The number of halogens is 2. The molecular formula is C21H26F2N8O. The van der Waals surface area contributed by atoms with E-state index in [9.17, 15) is 8.78 Å². The lowest BCUT2D eigenvalue weighted by Gasteiger charge is -2.38. The van der Waals surface area contributed by atoms with Gasteiger partial charge in [-0.05, 0) is 36.7 Å². The first kappa shape index (κ1) is 21.9. The number of hydrogen-bond donors (Lipinski definition) is 3. The molecule has 0 saturated carbocycles. The summed E-state index contributed by atoms with van der Waals surface area (Å²) >= 11 is 0. The molecule has 3 N–H and O–H groups in total. The number of methoxy groups -OCH3 is 1. The van der Waals surface area contributed by atoms with Crippen LogP contribution in [0.3, 0.4) is 0 Å². The van der Waals surface area contributed by atoms with Crippen LogP contribution in [0, 0.1) is 5.53 Å². The molecule has 2 aromatic heterocycles. The third-order valence-electron chi connectivity index (χ3n) is 5.80. The van der Waals surface area contributed by atoms with E-state index in [1.165, 1.54) is 7.11 Å². The summed E-state index contributed by atoms with van der Waals surface area (Å²) in [7, 11) is 3.24. The molecule has 3 heterocycles. The number of nitrogens with zero attached hydrogens (tertiary/aromatic N) is 5. The highest BCUT2D eigenvalue weighted by Gasteiger charge is 2.44. The number of rotatable bonds is 7. The van der Waals surface area contributed by atoms with Crippen molar-refractivity contribution in [3.8, 4) is 17.0 Å². The van der Waals surface area contributed by atoms with E-state index in [0.29, 0.717) is 36.4 Å². The number of piperidine rings is 1. The smallest absolute Gasteiger partial charge is 0.280 e. The average molecular weight is 444 g/mol. The maximum Gasteiger partial charge on any atom is 0.280 e. The van der Waals surface area contributed by atoms with Crippen molar-refractivity contribution in [2.45, 2.75) is 25.3 Å². The highest BCUT2D eigenvalue weighted by atomic mass is 19.3. The molecule has 170 valence electrons. The van der Waals surface area contributed by atoms with Crippen LogP contribution in [0.2, 0.25) is 0 Å². The zero-order valence-electron chi connectivity index (χ0n) is 18.2. The molecule has 3 aromatic rings. The molecule has 9 nitrogen and oxygen atoms in total. The van der Waals surface area contributed by atoms with Crippen LogP contribution in [0.4, 0.5) is 26.1 Å². The number of benzene rings is 1. The monoisotopic (exact) mass is 444 g/mol. The molecule has 1 aromatic carbocycles. The Bertz CT molecular complexity index is 1130. The van der Waals surface area contributed by atoms with Gasteiger partial charge in [0.05, 0.1) is 25.4 Å². The molecule has 0 radical (unpaired) electrons.